The molecule has 0 aliphatic rings. The Morgan fingerprint density at radius 2 is 1.53 bits per heavy atom. The summed E-state index contributed by atoms with van der Waals surface area (Å²) in [6.07, 6.45) is 1.70. The molecule has 0 fully saturated rings. The number of Topliss-reactive ketones (excluding diaryl/α,β-unsaturated/α-hetero) is 1. The molecule has 4 nitrogen and oxygen atoms in total. The third-order valence-electron chi connectivity index (χ3n) is 6.70. The van der Waals surface area contributed by atoms with Gasteiger partial charge in [0.05, 0.1) is 20.6 Å². The molecule has 1 unspecified atom stereocenters. The molecule has 1 amide bonds. The topological polar surface area (TPSA) is 46.2 Å². The number of carbonyl (C=O) groups is 2. The van der Waals surface area contributed by atoms with Crippen molar-refractivity contribution in [3.8, 4) is 0 Å². The van der Waals surface area contributed by atoms with Gasteiger partial charge in [0.15, 0.2) is 0 Å². The molecule has 0 aromatic heterocycles. The minimum absolute atomic E-state index is 0.0496. The highest BCUT2D eigenvalue weighted by Gasteiger charge is 2.23. The Morgan fingerprint density at radius 1 is 0.906 bits per heavy atom. The summed E-state index contributed by atoms with van der Waals surface area (Å²) >= 11 is 0. The van der Waals surface area contributed by atoms with Gasteiger partial charge in [0.2, 0.25) is 11.7 Å². The number of nitrogens with zero attached hydrogens (tertiary/aromatic N) is 1. The molecular formula is C28H33N2O2+. The molecule has 166 valence electrons. The van der Waals surface area contributed by atoms with Crippen LogP contribution in [0.15, 0.2) is 54.6 Å². The lowest BCUT2D eigenvalue weighted by Crippen LogP contribution is -2.45. The first-order chi connectivity index (χ1) is 15.3. The van der Waals surface area contributed by atoms with E-state index in [1.165, 1.54) is 26.9 Å². The van der Waals surface area contributed by atoms with Crippen LogP contribution in [0.3, 0.4) is 0 Å². The normalized spacial score (nSPS) is 13.1. The van der Waals surface area contributed by atoms with Crippen LogP contribution in [-0.2, 0) is 4.79 Å². The van der Waals surface area contributed by atoms with Crippen molar-refractivity contribution in [1.29, 1.82) is 0 Å². The van der Waals surface area contributed by atoms with Crippen LogP contribution >= 0.6 is 0 Å². The largest absolute Gasteiger partial charge is 0.356 e. The van der Waals surface area contributed by atoms with E-state index in [0.717, 1.165) is 30.3 Å². The minimum Gasteiger partial charge on any atom is -0.356 e. The predicted octanol–water partition coefficient (Wildman–Crippen LogP) is 5.40. The van der Waals surface area contributed by atoms with E-state index in [2.05, 4.69) is 67.9 Å². The van der Waals surface area contributed by atoms with Crippen LogP contribution < -0.4 is 5.32 Å². The SMILES string of the molecule is CCC(C)C(=O)NCCC[N+](C)(C)CC(=O)c1ccc2ccc3cccc4ccc1c2c34. The Kier molecular flexibility index (Phi) is 6.16. The van der Waals surface area contributed by atoms with Gasteiger partial charge in [-0.25, -0.2) is 0 Å². The van der Waals surface area contributed by atoms with Crippen molar-refractivity contribution in [3.63, 3.8) is 0 Å². The van der Waals surface area contributed by atoms with Crippen molar-refractivity contribution in [2.24, 2.45) is 5.92 Å². The van der Waals surface area contributed by atoms with Crippen LogP contribution in [0, 0.1) is 5.92 Å². The summed E-state index contributed by atoms with van der Waals surface area (Å²) in [6.45, 7) is 5.89. The summed E-state index contributed by atoms with van der Waals surface area (Å²) < 4.78 is 0.597. The van der Waals surface area contributed by atoms with Crippen molar-refractivity contribution < 1.29 is 14.1 Å². The molecule has 0 heterocycles. The number of nitrogens with one attached hydrogen (secondary N) is 1. The molecule has 0 bridgehead atoms. The van der Waals surface area contributed by atoms with Gasteiger partial charge in [0.1, 0.15) is 6.54 Å². The van der Waals surface area contributed by atoms with E-state index in [4.69, 9.17) is 0 Å². The number of rotatable bonds is 9. The molecule has 32 heavy (non-hydrogen) atoms. The second kappa shape index (κ2) is 8.87. The molecule has 0 radical (unpaired) electrons. The van der Waals surface area contributed by atoms with Crippen LogP contribution in [0.2, 0.25) is 0 Å². The lowest BCUT2D eigenvalue weighted by Gasteiger charge is -2.29. The van der Waals surface area contributed by atoms with Crippen LogP contribution in [0.1, 0.15) is 37.0 Å². The highest BCUT2D eigenvalue weighted by molar-refractivity contribution is 6.26. The molecule has 0 aliphatic carbocycles. The second-order valence-corrected chi connectivity index (χ2v) is 9.66. The van der Waals surface area contributed by atoms with Crippen LogP contribution in [0.5, 0.6) is 0 Å². The number of amides is 1. The van der Waals surface area contributed by atoms with Crippen molar-refractivity contribution in [2.75, 3.05) is 33.7 Å². The number of hydrogen-bond donors (Lipinski definition) is 1. The van der Waals surface area contributed by atoms with Gasteiger partial charge >= 0.3 is 0 Å². The Bertz CT molecular complexity index is 1260. The average molecular weight is 430 g/mol. The first-order valence-corrected chi connectivity index (χ1v) is 11.6. The van der Waals surface area contributed by atoms with Gasteiger partial charge in [-0.05, 0) is 44.8 Å². The number of ketones is 1. The zero-order chi connectivity index (χ0) is 22.9. The standard InChI is InChI=1S/C28H32N2O2/c1-5-19(2)28(32)29-16-7-17-30(3,4)18-25(31)23-14-12-22-11-10-20-8-6-9-21-13-15-24(23)27(22)26(20)21/h6,8-15,19H,5,7,16-18H2,1-4H3/p+1. The molecule has 0 saturated heterocycles. The van der Waals surface area contributed by atoms with Gasteiger partial charge in [-0.3, -0.25) is 9.59 Å². The van der Waals surface area contributed by atoms with Crippen molar-refractivity contribution in [1.82, 2.24) is 5.32 Å². The van der Waals surface area contributed by atoms with Crippen molar-refractivity contribution in [2.45, 2.75) is 26.7 Å². The maximum Gasteiger partial charge on any atom is 0.222 e. The molecule has 1 N–H and O–H groups in total. The number of quaternary nitrogens is 1. The molecule has 4 heteroatoms. The maximum absolute atomic E-state index is 13.4. The molecule has 4 aromatic carbocycles. The van der Waals surface area contributed by atoms with Gasteiger partial charge in [-0.2, -0.15) is 0 Å². The Balaban J connectivity index is 1.51. The van der Waals surface area contributed by atoms with Crippen LogP contribution in [-0.4, -0.2) is 49.9 Å². The summed E-state index contributed by atoms with van der Waals surface area (Å²) in [7, 11) is 4.18. The second-order valence-electron chi connectivity index (χ2n) is 9.66. The Labute approximate surface area is 190 Å². The van der Waals surface area contributed by atoms with Gasteiger partial charge in [0.25, 0.3) is 0 Å². The molecular weight excluding hydrogens is 396 g/mol. The van der Waals surface area contributed by atoms with Crippen molar-refractivity contribution in [3.05, 3.63) is 60.2 Å². The van der Waals surface area contributed by atoms with Gasteiger partial charge in [0, 0.05) is 24.4 Å². The molecule has 0 saturated carbocycles. The zero-order valence-electron chi connectivity index (χ0n) is 19.6. The van der Waals surface area contributed by atoms with Gasteiger partial charge in [-0.15, -0.1) is 0 Å². The number of benzene rings is 4. The predicted molar refractivity (Wildman–Crippen MR) is 133 cm³/mol. The van der Waals surface area contributed by atoms with Gasteiger partial charge < -0.3 is 9.80 Å². The highest BCUT2D eigenvalue weighted by atomic mass is 16.1. The highest BCUT2D eigenvalue weighted by Crippen LogP contribution is 2.36. The summed E-state index contributed by atoms with van der Waals surface area (Å²) in [5, 5.41) is 10.1. The number of hydrogen-bond acceptors (Lipinski definition) is 2. The van der Waals surface area contributed by atoms with Gasteiger partial charge in [-0.1, -0.05) is 62.4 Å². The number of carbonyl (C=O) groups excluding carboxylic acids is 2. The quantitative estimate of drug-likeness (QED) is 0.168. The third-order valence-corrected chi connectivity index (χ3v) is 6.70. The molecule has 4 aromatic rings. The molecule has 4 rings (SSSR count). The van der Waals surface area contributed by atoms with E-state index >= 15 is 0 Å². The van der Waals surface area contributed by atoms with Crippen LogP contribution in [0.25, 0.3) is 32.3 Å². The van der Waals surface area contributed by atoms with Crippen molar-refractivity contribution >= 4 is 44.0 Å². The maximum atomic E-state index is 13.4. The lowest BCUT2D eigenvalue weighted by atomic mass is 9.91. The van der Waals surface area contributed by atoms with Crippen LogP contribution in [0.4, 0.5) is 0 Å². The Hall–Kier alpha value is -2.98. The average Bonchev–Trinajstić information content (AvgIpc) is 2.79. The first kappa shape index (κ1) is 22.2. The monoisotopic (exact) mass is 429 g/mol. The summed E-state index contributed by atoms with van der Waals surface area (Å²) in [5.74, 6) is 0.327. The van der Waals surface area contributed by atoms with E-state index in [1.807, 2.05) is 19.9 Å². The molecule has 1 atom stereocenters. The minimum atomic E-state index is 0.0496. The molecule has 0 spiro atoms. The van der Waals surface area contributed by atoms with E-state index in [-0.39, 0.29) is 17.6 Å². The fourth-order valence-corrected chi connectivity index (χ4v) is 4.61. The fourth-order valence-electron chi connectivity index (χ4n) is 4.61. The summed E-state index contributed by atoms with van der Waals surface area (Å²) in [6, 6.07) is 18.9. The zero-order valence-corrected chi connectivity index (χ0v) is 19.6. The number of likely N-dealkylation sites (N-methyl/N-ethyl adjacent to an activating group) is 1. The summed E-state index contributed by atoms with van der Waals surface area (Å²) in [5.41, 5.74) is 0.798. The Morgan fingerprint density at radius 3 is 2.22 bits per heavy atom. The smallest absolute Gasteiger partial charge is 0.222 e. The fraction of sp³-hybridized carbons (Fsp3) is 0.357. The van der Waals surface area contributed by atoms with E-state index in [1.54, 1.807) is 0 Å². The molecule has 0 aliphatic heterocycles. The summed E-state index contributed by atoms with van der Waals surface area (Å²) in [4.78, 5) is 25.4. The van der Waals surface area contributed by atoms with E-state index in [0.29, 0.717) is 17.6 Å². The van der Waals surface area contributed by atoms with E-state index < -0.39 is 0 Å². The third kappa shape index (κ3) is 4.33. The lowest BCUT2D eigenvalue weighted by molar-refractivity contribution is -0.882. The first-order valence-electron chi connectivity index (χ1n) is 11.6. The van der Waals surface area contributed by atoms with E-state index in [9.17, 15) is 9.59 Å².